The molecule has 0 radical (unpaired) electrons. The summed E-state index contributed by atoms with van der Waals surface area (Å²) in [5.41, 5.74) is 4.12. The Balaban J connectivity index is 1.73. The van der Waals surface area contributed by atoms with Crippen molar-refractivity contribution in [3.05, 3.63) is 90.0 Å². The van der Waals surface area contributed by atoms with Crippen LogP contribution in [-0.4, -0.2) is 10.4 Å². The first-order chi connectivity index (χ1) is 11.7. The third-order valence-corrected chi connectivity index (χ3v) is 4.42. The van der Waals surface area contributed by atoms with E-state index in [1.807, 2.05) is 36.4 Å². The highest BCUT2D eigenvalue weighted by molar-refractivity contribution is 6.09. The normalized spacial score (nSPS) is 11.5. The fourth-order valence-electron chi connectivity index (χ4n) is 3.15. The molecule has 3 aromatic carbocycles. The zero-order valence-corrected chi connectivity index (χ0v) is 13.4. The number of carbonyl (C=O) groups is 1. The van der Waals surface area contributed by atoms with Gasteiger partial charge in [0.05, 0.1) is 0 Å². The molecule has 0 aliphatic carbocycles. The monoisotopic (exact) mass is 311 g/mol. The van der Waals surface area contributed by atoms with Gasteiger partial charge < -0.3 is 4.57 Å². The second-order valence-electron chi connectivity index (χ2n) is 5.92. The average Bonchev–Trinajstić information content (AvgIpc) is 2.93. The Morgan fingerprint density at radius 2 is 1.54 bits per heavy atom. The Hall–Kier alpha value is -3.13. The van der Waals surface area contributed by atoms with Crippen LogP contribution in [0, 0.1) is 0 Å². The van der Waals surface area contributed by atoms with Crippen molar-refractivity contribution in [2.24, 2.45) is 7.05 Å². The lowest BCUT2D eigenvalue weighted by molar-refractivity contribution is 0.104. The molecule has 0 aliphatic rings. The number of aryl methyl sites for hydroxylation is 1. The molecule has 0 aliphatic heterocycles. The van der Waals surface area contributed by atoms with E-state index in [1.54, 1.807) is 6.08 Å². The van der Waals surface area contributed by atoms with E-state index >= 15 is 0 Å². The molecule has 1 aromatic heterocycles. The lowest BCUT2D eigenvalue weighted by Gasteiger charge is -1.99. The first-order valence-corrected chi connectivity index (χ1v) is 7.99. The van der Waals surface area contributed by atoms with Crippen LogP contribution in [-0.2, 0) is 7.05 Å². The standard InChI is InChI=1S/C22H17NO/c1-23-20-10-6-5-9-18(20)19-13-11-16(15-21(19)23)12-14-22(24)17-7-3-2-4-8-17/h2-15H,1H3. The Labute approximate surface area is 140 Å². The average molecular weight is 311 g/mol. The number of benzene rings is 3. The summed E-state index contributed by atoms with van der Waals surface area (Å²) in [6, 6.07) is 24.0. The van der Waals surface area contributed by atoms with Gasteiger partial charge in [-0.2, -0.15) is 0 Å². The molecule has 0 amide bonds. The minimum absolute atomic E-state index is 0.0211. The van der Waals surface area contributed by atoms with E-state index in [0.29, 0.717) is 5.56 Å². The van der Waals surface area contributed by atoms with Crippen LogP contribution < -0.4 is 0 Å². The largest absolute Gasteiger partial charge is 0.344 e. The number of nitrogens with zero attached hydrogens (tertiary/aromatic N) is 1. The molecule has 0 bridgehead atoms. The van der Waals surface area contributed by atoms with E-state index in [2.05, 4.69) is 54.1 Å². The van der Waals surface area contributed by atoms with Crippen LogP contribution in [0.2, 0.25) is 0 Å². The van der Waals surface area contributed by atoms with Gasteiger partial charge in [0.2, 0.25) is 0 Å². The highest BCUT2D eigenvalue weighted by Gasteiger charge is 2.07. The molecule has 4 aromatic rings. The number of fused-ring (bicyclic) bond motifs is 3. The Morgan fingerprint density at radius 3 is 2.38 bits per heavy atom. The van der Waals surface area contributed by atoms with Gasteiger partial charge >= 0.3 is 0 Å². The number of carbonyl (C=O) groups excluding carboxylic acids is 1. The molecule has 0 atom stereocenters. The van der Waals surface area contributed by atoms with Crippen LogP contribution in [0.5, 0.6) is 0 Å². The molecular weight excluding hydrogens is 294 g/mol. The first kappa shape index (κ1) is 14.5. The molecule has 2 nitrogen and oxygen atoms in total. The van der Waals surface area contributed by atoms with Gasteiger partial charge in [0, 0.05) is 34.4 Å². The minimum Gasteiger partial charge on any atom is -0.344 e. The highest BCUT2D eigenvalue weighted by Crippen LogP contribution is 2.28. The fraction of sp³-hybridized carbons (Fsp3) is 0.0455. The van der Waals surface area contributed by atoms with Crippen LogP contribution in [0.25, 0.3) is 27.9 Å². The number of hydrogen-bond acceptors (Lipinski definition) is 1. The zero-order valence-electron chi connectivity index (χ0n) is 13.4. The summed E-state index contributed by atoms with van der Waals surface area (Å²) >= 11 is 0. The Kier molecular flexibility index (Phi) is 3.51. The number of hydrogen-bond donors (Lipinski definition) is 0. The summed E-state index contributed by atoms with van der Waals surface area (Å²) in [6.45, 7) is 0. The van der Waals surface area contributed by atoms with E-state index in [1.165, 1.54) is 21.8 Å². The van der Waals surface area contributed by atoms with Crippen molar-refractivity contribution in [1.29, 1.82) is 0 Å². The Morgan fingerprint density at radius 1 is 0.833 bits per heavy atom. The summed E-state index contributed by atoms with van der Waals surface area (Å²) in [4.78, 5) is 12.2. The van der Waals surface area contributed by atoms with Crippen LogP contribution in [0.4, 0.5) is 0 Å². The molecule has 0 saturated carbocycles. The summed E-state index contributed by atoms with van der Waals surface area (Å²) < 4.78 is 2.20. The van der Waals surface area contributed by atoms with E-state index < -0.39 is 0 Å². The molecule has 116 valence electrons. The zero-order chi connectivity index (χ0) is 16.5. The second kappa shape index (κ2) is 5.82. The van der Waals surface area contributed by atoms with Gasteiger partial charge in [-0.3, -0.25) is 4.79 Å². The third kappa shape index (κ3) is 2.42. The van der Waals surface area contributed by atoms with E-state index in [9.17, 15) is 4.79 Å². The Bertz CT molecular complexity index is 1070. The predicted molar refractivity (Wildman–Crippen MR) is 100 cm³/mol. The lowest BCUT2D eigenvalue weighted by atomic mass is 10.1. The maximum absolute atomic E-state index is 12.2. The SMILES string of the molecule is Cn1c2ccccc2c2ccc(C=CC(=O)c3ccccc3)cc21. The van der Waals surface area contributed by atoms with Crippen molar-refractivity contribution in [1.82, 2.24) is 4.57 Å². The highest BCUT2D eigenvalue weighted by atomic mass is 16.1. The van der Waals surface area contributed by atoms with Crippen LogP contribution in [0.15, 0.2) is 78.9 Å². The van der Waals surface area contributed by atoms with E-state index in [-0.39, 0.29) is 5.78 Å². The first-order valence-electron chi connectivity index (χ1n) is 7.99. The van der Waals surface area contributed by atoms with E-state index in [4.69, 9.17) is 0 Å². The molecule has 0 unspecified atom stereocenters. The number of allylic oxidation sites excluding steroid dienone is 1. The molecule has 0 N–H and O–H groups in total. The molecule has 0 fully saturated rings. The summed E-state index contributed by atoms with van der Waals surface area (Å²) in [6.07, 6.45) is 3.52. The maximum Gasteiger partial charge on any atom is 0.185 e. The van der Waals surface area contributed by atoms with Crippen LogP contribution in [0.1, 0.15) is 15.9 Å². The van der Waals surface area contributed by atoms with Crippen molar-refractivity contribution in [2.45, 2.75) is 0 Å². The van der Waals surface area contributed by atoms with Gasteiger partial charge in [0.1, 0.15) is 0 Å². The molecule has 24 heavy (non-hydrogen) atoms. The molecule has 0 spiro atoms. The molecular formula is C22H17NO. The minimum atomic E-state index is 0.0211. The lowest BCUT2D eigenvalue weighted by Crippen LogP contribution is -1.92. The predicted octanol–water partition coefficient (Wildman–Crippen LogP) is 5.23. The second-order valence-corrected chi connectivity index (χ2v) is 5.92. The fourth-order valence-corrected chi connectivity index (χ4v) is 3.15. The number of aromatic nitrogens is 1. The van der Waals surface area contributed by atoms with Crippen LogP contribution >= 0.6 is 0 Å². The topological polar surface area (TPSA) is 22.0 Å². The third-order valence-electron chi connectivity index (χ3n) is 4.42. The summed E-state index contributed by atoms with van der Waals surface area (Å²) in [5.74, 6) is 0.0211. The quantitative estimate of drug-likeness (QED) is 0.375. The molecule has 2 heteroatoms. The van der Waals surface area contributed by atoms with Crippen molar-refractivity contribution in [3.8, 4) is 0 Å². The van der Waals surface area contributed by atoms with Crippen molar-refractivity contribution < 1.29 is 4.79 Å². The van der Waals surface area contributed by atoms with Crippen LogP contribution in [0.3, 0.4) is 0 Å². The molecule has 1 heterocycles. The van der Waals surface area contributed by atoms with Crippen molar-refractivity contribution in [3.63, 3.8) is 0 Å². The van der Waals surface area contributed by atoms with Gasteiger partial charge in [-0.15, -0.1) is 0 Å². The van der Waals surface area contributed by atoms with Gasteiger partial charge in [-0.1, -0.05) is 66.7 Å². The van der Waals surface area contributed by atoms with E-state index in [0.717, 1.165) is 5.56 Å². The van der Waals surface area contributed by atoms with Gasteiger partial charge in [0.15, 0.2) is 5.78 Å². The van der Waals surface area contributed by atoms with Crippen molar-refractivity contribution >= 4 is 33.7 Å². The smallest absolute Gasteiger partial charge is 0.185 e. The summed E-state index contributed by atoms with van der Waals surface area (Å²) in [7, 11) is 2.08. The number of rotatable bonds is 3. The maximum atomic E-state index is 12.2. The van der Waals surface area contributed by atoms with Gasteiger partial charge in [0.25, 0.3) is 0 Å². The molecule has 0 saturated heterocycles. The van der Waals surface area contributed by atoms with Crippen molar-refractivity contribution in [2.75, 3.05) is 0 Å². The number of ketones is 1. The van der Waals surface area contributed by atoms with Gasteiger partial charge in [-0.05, 0) is 23.8 Å². The van der Waals surface area contributed by atoms with Gasteiger partial charge in [-0.25, -0.2) is 0 Å². The summed E-state index contributed by atoms with van der Waals surface area (Å²) in [5, 5.41) is 2.49. The molecule has 4 rings (SSSR count). The number of para-hydroxylation sites is 1.